The summed E-state index contributed by atoms with van der Waals surface area (Å²) in [5.74, 6) is -0.491. The van der Waals surface area contributed by atoms with E-state index in [-0.39, 0.29) is 12.7 Å². The van der Waals surface area contributed by atoms with Crippen molar-refractivity contribution in [3.63, 3.8) is 0 Å². The van der Waals surface area contributed by atoms with Gasteiger partial charge in [-0.15, -0.1) is 0 Å². The Morgan fingerprint density at radius 2 is 2.28 bits per heavy atom. The van der Waals surface area contributed by atoms with E-state index in [1.807, 2.05) is 0 Å². The van der Waals surface area contributed by atoms with E-state index in [2.05, 4.69) is 0 Å². The normalized spacial score (nSPS) is 27.7. The number of carbonyl (C=O) groups excluding carboxylic acids is 1. The number of aliphatic hydroxyl groups excluding tert-OH is 1. The van der Waals surface area contributed by atoms with Gasteiger partial charge in [-0.25, -0.2) is 0 Å². The zero-order valence-electron chi connectivity index (χ0n) is 14.6. The Labute approximate surface area is 147 Å². The fraction of sp³-hybridized carbons (Fsp3) is 0.667. The van der Waals surface area contributed by atoms with Crippen LogP contribution < -0.4 is 5.73 Å². The third-order valence-corrected chi connectivity index (χ3v) is 5.71. The van der Waals surface area contributed by atoms with Gasteiger partial charge >= 0.3 is 147 Å². The number of aliphatic hydroxyl groups is 1. The van der Waals surface area contributed by atoms with Gasteiger partial charge in [0.25, 0.3) is 0 Å². The number of carbonyl (C=O) groups is 1. The van der Waals surface area contributed by atoms with Gasteiger partial charge in [0.15, 0.2) is 0 Å². The predicted molar refractivity (Wildman–Crippen MR) is 92.1 cm³/mol. The van der Waals surface area contributed by atoms with E-state index < -0.39 is 32.5 Å². The first kappa shape index (κ1) is 20.3. The van der Waals surface area contributed by atoms with Crippen molar-refractivity contribution in [1.82, 2.24) is 4.90 Å². The molecule has 0 aromatic carbocycles. The van der Waals surface area contributed by atoms with Crippen LogP contribution in [0.4, 0.5) is 0 Å². The second kappa shape index (κ2) is 8.55. The molecule has 2 rings (SSSR count). The van der Waals surface area contributed by atoms with Crippen LogP contribution in [0.1, 0.15) is 20.3 Å². The van der Waals surface area contributed by atoms with Crippen molar-refractivity contribution in [3.8, 4) is 0 Å². The van der Waals surface area contributed by atoms with Gasteiger partial charge < -0.3 is 0 Å². The maximum atomic E-state index is 11.3. The Morgan fingerprint density at radius 1 is 1.56 bits per heavy atom. The van der Waals surface area contributed by atoms with Crippen LogP contribution in [-0.2, 0) is 23.1 Å². The van der Waals surface area contributed by atoms with Gasteiger partial charge in [0.1, 0.15) is 0 Å². The van der Waals surface area contributed by atoms with E-state index >= 15 is 0 Å². The molecular formula is C15H27N2O7P. The van der Waals surface area contributed by atoms with Crippen LogP contribution in [0.15, 0.2) is 23.9 Å². The monoisotopic (exact) mass is 378 g/mol. The molecule has 0 spiro atoms. The molecule has 2 aliphatic heterocycles. The SMILES string of the molecule is CO[PH](O)(OCC1OC(N2C=CC=C(C(N)=O)C2)CC1O)OC(C)C. The summed E-state index contributed by atoms with van der Waals surface area (Å²) in [4.78, 5) is 23.3. The predicted octanol–water partition coefficient (Wildman–Crippen LogP) is 0.193. The fourth-order valence-electron chi connectivity index (χ4n) is 2.63. The molecule has 4 N–H and O–H groups in total. The topological polar surface area (TPSA) is 124 Å². The molecule has 0 saturated carbocycles. The number of ether oxygens (including phenoxy) is 1. The minimum absolute atomic E-state index is 0.0724. The second-order valence-electron chi connectivity index (χ2n) is 6.21. The van der Waals surface area contributed by atoms with Crippen LogP contribution in [0.3, 0.4) is 0 Å². The van der Waals surface area contributed by atoms with E-state index in [0.717, 1.165) is 0 Å². The molecule has 144 valence electrons. The number of primary amides is 1. The average Bonchev–Trinajstić information content (AvgIpc) is 2.93. The Bertz CT molecular complexity index is 542. The zero-order valence-corrected chi connectivity index (χ0v) is 15.6. The molecule has 0 radical (unpaired) electrons. The summed E-state index contributed by atoms with van der Waals surface area (Å²) in [5, 5.41) is 10.2. The van der Waals surface area contributed by atoms with Crippen molar-refractivity contribution >= 4 is 14.1 Å². The Hall–Kier alpha value is -1.06. The molecule has 0 aromatic rings. The molecule has 3 atom stereocenters. The molecule has 9 nitrogen and oxygen atoms in total. The van der Waals surface area contributed by atoms with Crippen LogP contribution in [0.5, 0.6) is 0 Å². The third kappa shape index (κ3) is 5.46. The van der Waals surface area contributed by atoms with E-state index in [9.17, 15) is 14.8 Å². The van der Waals surface area contributed by atoms with Gasteiger partial charge in [-0.1, -0.05) is 0 Å². The number of hydrogen-bond acceptors (Lipinski definition) is 8. The average molecular weight is 378 g/mol. The molecule has 1 amide bonds. The van der Waals surface area contributed by atoms with Crippen LogP contribution in [0, 0.1) is 0 Å². The van der Waals surface area contributed by atoms with Crippen LogP contribution in [-0.4, -0.2) is 65.6 Å². The Morgan fingerprint density at radius 3 is 2.88 bits per heavy atom. The zero-order chi connectivity index (χ0) is 18.6. The van der Waals surface area contributed by atoms with Crippen molar-refractivity contribution in [2.75, 3.05) is 20.3 Å². The summed E-state index contributed by atoms with van der Waals surface area (Å²) in [6.45, 7) is 3.74. The van der Waals surface area contributed by atoms with Gasteiger partial charge in [-0.05, 0) is 0 Å². The molecule has 10 heteroatoms. The first-order chi connectivity index (χ1) is 11.7. The second-order valence-corrected chi connectivity index (χ2v) is 8.19. The molecule has 0 aromatic heterocycles. The number of rotatable bonds is 8. The molecule has 3 unspecified atom stereocenters. The summed E-state index contributed by atoms with van der Waals surface area (Å²) in [6.07, 6.45) is 3.34. The van der Waals surface area contributed by atoms with Crippen molar-refractivity contribution < 1.29 is 33.1 Å². The summed E-state index contributed by atoms with van der Waals surface area (Å²) in [6, 6.07) is 0. The van der Waals surface area contributed by atoms with E-state index in [1.165, 1.54) is 7.11 Å². The van der Waals surface area contributed by atoms with Gasteiger partial charge in [0, 0.05) is 0 Å². The van der Waals surface area contributed by atoms with Gasteiger partial charge in [0.2, 0.25) is 0 Å². The van der Waals surface area contributed by atoms with Crippen molar-refractivity contribution in [1.29, 1.82) is 0 Å². The first-order valence-electron chi connectivity index (χ1n) is 8.10. The summed E-state index contributed by atoms with van der Waals surface area (Å²) in [5.41, 5.74) is 5.77. The van der Waals surface area contributed by atoms with Crippen molar-refractivity contribution in [2.45, 2.75) is 44.8 Å². The molecule has 0 aliphatic carbocycles. The molecule has 0 bridgehead atoms. The molecule has 2 aliphatic rings. The van der Waals surface area contributed by atoms with Crippen LogP contribution in [0.2, 0.25) is 0 Å². The Balaban J connectivity index is 1.90. The van der Waals surface area contributed by atoms with Gasteiger partial charge in [-0.2, -0.15) is 0 Å². The fourth-order valence-corrected chi connectivity index (χ4v) is 3.88. The van der Waals surface area contributed by atoms with Crippen LogP contribution in [0.25, 0.3) is 0 Å². The molecule has 1 saturated heterocycles. The third-order valence-electron chi connectivity index (χ3n) is 3.89. The maximum absolute atomic E-state index is 11.3. The molecule has 25 heavy (non-hydrogen) atoms. The molecule has 2 heterocycles. The quantitative estimate of drug-likeness (QED) is 0.512. The van der Waals surface area contributed by atoms with E-state index in [4.69, 9.17) is 24.0 Å². The van der Waals surface area contributed by atoms with Gasteiger partial charge in [-0.3, -0.25) is 0 Å². The van der Waals surface area contributed by atoms with Crippen molar-refractivity contribution in [3.05, 3.63) is 23.9 Å². The summed E-state index contributed by atoms with van der Waals surface area (Å²) < 4.78 is 21.4. The van der Waals surface area contributed by atoms with Crippen molar-refractivity contribution in [2.24, 2.45) is 5.73 Å². The summed E-state index contributed by atoms with van der Waals surface area (Å²) in [7, 11) is -2.45. The number of nitrogens with two attached hydrogens (primary N) is 1. The standard InChI is InChI=1S/C15H27N2O7P/c1-10(2)24-25(20,21-3)22-9-13-12(18)7-14(23-13)17-6-4-5-11(8-17)15(16)19/h4-6,10,12-14,18,20,25H,7-9H2,1-3H3,(H2,16,19). The summed E-state index contributed by atoms with van der Waals surface area (Å²) >= 11 is 0. The number of amides is 1. The van der Waals surface area contributed by atoms with Gasteiger partial charge in [0.05, 0.1) is 0 Å². The number of allylic oxidation sites excluding steroid dienone is 2. The molecule has 1 fully saturated rings. The van der Waals surface area contributed by atoms with E-state index in [1.54, 1.807) is 37.1 Å². The number of hydrogen-bond donors (Lipinski definition) is 3. The Kier molecular flexibility index (Phi) is 6.93. The van der Waals surface area contributed by atoms with E-state index in [0.29, 0.717) is 18.5 Å². The van der Waals surface area contributed by atoms with Crippen LogP contribution >= 0.6 is 8.17 Å². The minimum atomic E-state index is -3.76. The first-order valence-corrected chi connectivity index (χ1v) is 9.77. The number of nitrogens with zero attached hydrogens (tertiary/aromatic N) is 1. The molecular weight excluding hydrogens is 351 g/mol.